The molecule has 0 saturated heterocycles. The maximum Gasteiger partial charge on any atom is 0.0705 e. The molecule has 0 N–H and O–H groups in total. The van der Waals surface area contributed by atoms with E-state index in [2.05, 4.69) is 60.7 Å². The lowest BCUT2D eigenvalue weighted by Gasteiger charge is -2.02. The predicted molar refractivity (Wildman–Crippen MR) is 79.8 cm³/mol. The SMILES string of the molecule is C1=C(c2ccccc2)Cc2nc3ccccc3cc21. The minimum atomic E-state index is 0.935. The number of aromatic nitrogens is 1. The standard InChI is InChI=1S/C18H13N/c1-2-6-13(7-3-1)15-11-16-10-14-8-4-5-9-17(14)19-18(16)12-15/h1-11H,12H2. The zero-order chi connectivity index (χ0) is 12.7. The summed E-state index contributed by atoms with van der Waals surface area (Å²) in [7, 11) is 0. The molecule has 0 spiro atoms. The number of allylic oxidation sites excluding steroid dienone is 1. The van der Waals surface area contributed by atoms with E-state index in [1.807, 2.05) is 6.07 Å². The lowest BCUT2D eigenvalue weighted by molar-refractivity contribution is 1.17. The molecule has 0 fully saturated rings. The van der Waals surface area contributed by atoms with E-state index in [-0.39, 0.29) is 0 Å². The van der Waals surface area contributed by atoms with Gasteiger partial charge in [-0.1, -0.05) is 48.5 Å². The van der Waals surface area contributed by atoms with Gasteiger partial charge in [-0.15, -0.1) is 0 Å². The molecule has 1 heterocycles. The Hall–Kier alpha value is -2.41. The molecule has 0 unspecified atom stereocenters. The fourth-order valence-corrected chi connectivity index (χ4v) is 2.70. The van der Waals surface area contributed by atoms with Gasteiger partial charge in [0.15, 0.2) is 0 Å². The molecule has 1 heteroatoms. The van der Waals surface area contributed by atoms with Crippen molar-refractivity contribution >= 4 is 22.6 Å². The van der Waals surface area contributed by atoms with E-state index in [0.29, 0.717) is 0 Å². The second-order valence-electron chi connectivity index (χ2n) is 4.93. The van der Waals surface area contributed by atoms with Crippen molar-refractivity contribution in [2.75, 3.05) is 0 Å². The summed E-state index contributed by atoms with van der Waals surface area (Å²) in [6, 6.07) is 21.1. The van der Waals surface area contributed by atoms with Gasteiger partial charge in [-0.25, -0.2) is 0 Å². The Bertz CT molecular complexity index is 785. The molecular weight excluding hydrogens is 230 g/mol. The fourth-order valence-electron chi connectivity index (χ4n) is 2.70. The maximum atomic E-state index is 4.78. The average Bonchev–Trinajstić information content (AvgIpc) is 2.88. The average molecular weight is 243 g/mol. The lowest BCUT2D eigenvalue weighted by Crippen LogP contribution is -1.90. The van der Waals surface area contributed by atoms with Crippen molar-refractivity contribution < 1.29 is 0 Å². The van der Waals surface area contributed by atoms with E-state index >= 15 is 0 Å². The van der Waals surface area contributed by atoms with Gasteiger partial charge >= 0.3 is 0 Å². The molecule has 0 bridgehead atoms. The maximum absolute atomic E-state index is 4.78. The van der Waals surface area contributed by atoms with E-state index in [9.17, 15) is 0 Å². The van der Waals surface area contributed by atoms with Crippen molar-refractivity contribution in [1.82, 2.24) is 4.98 Å². The van der Waals surface area contributed by atoms with E-state index < -0.39 is 0 Å². The van der Waals surface area contributed by atoms with Gasteiger partial charge in [-0.3, -0.25) is 4.98 Å². The van der Waals surface area contributed by atoms with Crippen LogP contribution < -0.4 is 0 Å². The van der Waals surface area contributed by atoms with Crippen molar-refractivity contribution in [3.63, 3.8) is 0 Å². The Labute approximate surface area is 112 Å². The first kappa shape index (κ1) is 10.5. The number of rotatable bonds is 1. The highest BCUT2D eigenvalue weighted by Gasteiger charge is 2.15. The zero-order valence-electron chi connectivity index (χ0n) is 10.5. The lowest BCUT2D eigenvalue weighted by atomic mass is 10.1. The van der Waals surface area contributed by atoms with E-state index in [1.54, 1.807) is 0 Å². The summed E-state index contributed by atoms with van der Waals surface area (Å²) in [5.74, 6) is 0. The first-order valence-corrected chi connectivity index (χ1v) is 6.55. The van der Waals surface area contributed by atoms with Crippen LogP contribution in [0.5, 0.6) is 0 Å². The van der Waals surface area contributed by atoms with Gasteiger partial charge in [-0.05, 0) is 34.9 Å². The molecule has 0 atom stereocenters. The molecule has 2 aromatic carbocycles. The summed E-state index contributed by atoms with van der Waals surface area (Å²) in [6.45, 7) is 0. The molecule has 0 amide bonds. The number of para-hydroxylation sites is 1. The number of pyridine rings is 1. The normalized spacial score (nSPS) is 13.4. The van der Waals surface area contributed by atoms with Crippen LogP contribution in [-0.4, -0.2) is 4.98 Å². The summed E-state index contributed by atoms with van der Waals surface area (Å²) >= 11 is 0. The number of hydrogen-bond donors (Lipinski definition) is 0. The van der Waals surface area contributed by atoms with Crippen molar-refractivity contribution in [1.29, 1.82) is 0 Å². The number of benzene rings is 2. The van der Waals surface area contributed by atoms with Crippen LogP contribution in [0.3, 0.4) is 0 Å². The molecule has 90 valence electrons. The predicted octanol–water partition coefficient (Wildman–Crippen LogP) is 4.33. The van der Waals surface area contributed by atoms with Crippen molar-refractivity contribution in [2.24, 2.45) is 0 Å². The second kappa shape index (κ2) is 4.06. The third-order valence-corrected chi connectivity index (χ3v) is 3.67. The van der Waals surface area contributed by atoms with Gasteiger partial charge in [-0.2, -0.15) is 0 Å². The van der Waals surface area contributed by atoms with Crippen LogP contribution in [0.15, 0.2) is 60.7 Å². The smallest absolute Gasteiger partial charge is 0.0705 e. The minimum absolute atomic E-state index is 0.935. The Morgan fingerprint density at radius 2 is 1.63 bits per heavy atom. The molecule has 0 saturated carbocycles. The molecule has 0 radical (unpaired) electrons. The van der Waals surface area contributed by atoms with Crippen molar-refractivity contribution in [3.05, 3.63) is 77.5 Å². The van der Waals surface area contributed by atoms with Gasteiger partial charge in [0.2, 0.25) is 0 Å². The first-order chi connectivity index (χ1) is 9.40. The second-order valence-corrected chi connectivity index (χ2v) is 4.93. The molecule has 1 aliphatic rings. The summed E-state index contributed by atoms with van der Waals surface area (Å²) in [6.07, 6.45) is 3.20. The first-order valence-electron chi connectivity index (χ1n) is 6.55. The van der Waals surface area contributed by atoms with Gasteiger partial charge in [0.05, 0.1) is 11.2 Å². The van der Waals surface area contributed by atoms with Crippen LogP contribution >= 0.6 is 0 Å². The van der Waals surface area contributed by atoms with Crippen LogP contribution in [-0.2, 0) is 6.42 Å². The minimum Gasteiger partial charge on any atom is -0.252 e. The summed E-state index contributed by atoms with van der Waals surface area (Å²) in [5, 5.41) is 1.21. The van der Waals surface area contributed by atoms with Gasteiger partial charge in [0, 0.05) is 11.8 Å². The molecule has 1 aromatic heterocycles. The number of hydrogen-bond acceptors (Lipinski definition) is 1. The quantitative estimate of drug-likeness (QED) is 0.620. The molecule has 1 aliphatic carbocycles. The number of nitrogens with zero attached hydrogens (tertiary/aromatic N) is 1. The van der Waals surface area contributed by atoms with Crippen molar-refractivity contribution in [3.8, 4) is 0 Å². The topological polar surface area (TPSA) is 12.9 Å². The molecule has 1 nitrogen and oxygen atoms in total. The van der Waals surface area contributed by atoms with Crippen LogP contribution in [0.4, 0.5) is 0 Å². The van der Waals surface area contributed by atoms with Crippen molar-refractivity contribution in [2.45, 2.75) is 6.42 Å². The zero-order valence-corrected chi connectivity index (χ0v) is 10.5. The Kier molecular flexibility index (Phi) is 2.25. The Balaban J connectivity index is 1.83. The molecule has 19 heavy (non-hydrogen) atoms. The molecular formula is C18H13N. The highest BCUT2D eigenvalue weighted by atomic mass is 14.7. The van der Waals surface area contributed by atoms with Gasteiger partial charge in [0.25, 0.3) is 0 Å². The number of fused-ring (bicyclic) bond motifs is 2. The molecule has 0 aliphatic heterocycles. The van der Waals surface area contributed by atoms with E-state index in [1.165, 1.54) is 27.8 Å². The summed E-state index contributed by atoms with van der Waals surface area (Å²) in [4.78, 5) is 4.78. The highest BCUT2D eigenvalue weighted by molar-refractivity contribution is 5.91. The van der Waals surface area contributed by atoms with E-state index in [0.717, 1.165) is 11.9 Å². The largest absolute Gasteiger partial charge is 0.252 e. The highest BCUT2D eigenvalue weighted by Crippen LogP contribution is 2.32. The van der Waals surface area contributed by atoms with Crippen LogP contribution in [0, 0.1) is 0 Å². The summed E-state index contributed by atoms with van der Waals surface area (Å²) in [5.41, 5.74) is 6.20. The van der Waals surface area contributed by atoms with Gasteiger partial charge in [0.1, 0.15) is 0 Å². The van der Waals surface area contributed by atoms with Crippen LogP contribution in [0.1, 0.15) is 16.8 Å². The Morgan fingerprint density at radius 3 is 2.53 bits per heavy atom. The molecule has 3 aromatic rings. The third-order valence-electron chi connectivity index (χ3n) is 3.67. The van der Waals surface area contributed by atoms with Gasteiger partial charge < -0.3 is 0 Å². The van der Waals surface area contributed by atoms with Crippen LogP contribution in [0.2, 0.25) is 0 Å². The molecule has 4 rings (SSSR count). The fraction of sp³-hybridized carbons (Fsp3) is 0.0556. The third kappa shape index (κ3) is 1.75. The monoisotopic (exact) mass is 243 g/mol. The summed E-state index contributed by atoms with van der Waals surface area (Å²) < 4.78 is 0. The van der Waals surface area contributed by atoms with E-state index in [4.69, 9.17) is 4.98 Å². The Morgan fingerprint density at radius 1 is 0.842 bits per heavy atom. The van der Waals surface area contributed by atoms with Crippen LogP contribution in [0.25, 0.3) is 22.6 Å².